The summed E-state index contributed by atoms with van der Waals surface area (Å²) in [5, 5.41) is 0.335. The summed E-state index contributed by atoms with van der Waals surface area (Å²) >= 11 is 6.93. The van der Waals surface area contributed by atoms with E-state index in [1.807, 2.05) is 32.0 Å². The summed E-state index contributed by atoms with van der Waals surface area (Å²) in [6.07, 6.45) is 0.328. The van der Waals surface area contributed by atoms with Gasteiger partial charge in [0.05, 0.1) is 0 Å². The lowest BCUT2D eigenvalue weighted by Gasteiger charge is -2.16. The number of Topliss-reactive ketones (excluding diaryl/α,β-unsaturated/α-hetero) is 1. The fraction of sp³-hybridized carbons (Fsp3) is 0.286. The van der Waals surface area contributed by atoms with Gasteiger partial charge in [0, 0.05) is 35.2 Å². The summed E-state index contributed by atoms with van der Waals surface area (Å²) in [7, 11) is 0. The Kier molecular flexibility index (Phi) is 6.63. The molecular formula is C21H20ClNO2S. The van der Waals surface area contributed by atoms with Crippen molar-refractivity contribution in [2.75, 3.05) is 0 Å². The van der Waals surface area contributed by atoms with Crippen LogP contribution in [0, 0.1) is 20.4 Å². The fourth-order valence-corrected chi connectivity index (χ4v) is 3.64. The molecule has 2 rings (SSSR count). The molecule has 26 heavy (non-hydrogen) atoms. The lowest BCUT2D eigenvalue weighted by Crippen LogP contribution is -2.30. The van der Waals surface area contributed by atoms with Crippen LogP contribution < -0.4 is 0 Å². The Morgan fingerprint density at radius 3 is 2.23 bits per heavy atom. The molecule has 0 aliphatic heterocycles. The van der Waals surface area contributed by atoms with Crippen LogP contribution in [0.1, 0.15) is 41.3 Å². The maximum absolute atomic E-state index is 12.8. The van der Waals surface area contributed by atoms with Crippen LogP contribution in [0.4, 0.5) is 0 Å². The summed E-state index contributed by atoms with van der Waals surface area (Å²) in [4.78, 5) is 29.6. The molecule has 1 atom stereocenters. The maximum Gasteiger partial charge on any atom is 0.297 e. The highest BCUT2D eigenvalue weighted by Crippen LogP contribution is 2.34. The van der Waals surface area contributed by atoms with Gasteiger partial charge in [-0.15, -0.1) is 0 Å². The first-order valence-corrected chi connectivity index (χ1v) is 9.42. The molecule has 2 aromatic rings. The Balaban J connectivity index is 2.09. The molecule has 0 heterocycles. The molecule has 0 unspecified atom stereocenters. The smallest absolute Gasteiger partial charge is 0.297 e. The van der Waals surface area contributed by atoms with Gasteiger partial charge in [0.25, 0.3) is 10.7 Å². The van der Waals surface area contributed by atoms with Crippen LogP contribution >= 0.6 is 23.4 Å². The van der Waals surface area contributed by atoms with E-state index in [9.17, 15) is 9.59 Å². The molecule has 0 aromatic heterocycles. The Bertz CT molecular complexity index is 850. The van der Waals surface area contributed by atoms with E-state index in [1.54, 1.807) is 31.2 Å². The second-order valence-electron chi connectivity index (χ2n) is 6.43. The van der Waals surface area contributed by atoms with Crippen molar-refractivity contribution in [1.29, 1.82) is 0 Å². The zero-order chi connectivity index (χ0) is 19.3. The summed E-state index contributed by atoms with van der Waals surface area (Å²) in [5.41, 5.74) is 1.32. The molecule has 0 radical (unpaired) electrons. The van der Waals surface area contributed by atoms with E-state index in [1.165, 1.54) is 0 Å². The number of ketones is 1. The van der Waals surface area contributed by atoms with Crippen molar-refractivity contribution in [2.45, 2.75) is 44.0 Å². The number of hydrogen-bond acceptors (Lipinski definition) is 3. The maximum atomic E-state index is 12.8. The van der Waals surface area contributed by atoms with Gasteiger partial charge in [-0.2, -0.15) is 0 Å². The molecule has 0 N–H and O–H groups in total. The van der Waals surface area contributed by atoms with Crippen LogP contribution in [0.15, 0.2) is 47.4 Å². The van der Waals surface area contributed by atoms with Crippen molar-refractivity contribution in [1.82, 2.24) is 0 Å². The molecule has 3 nitrogen and oxygen atoms in total. The van der Waals surface area contributed by atoms with E-state index in [0.29, 0.717) is 10.6 Å². The largest absolute Gasteiger partial charge is 0.301 e. The minimum Gasteiger partial charge on any atom is -0.301 e. The van der Waals surface area contributed by atoms with Crippen molar-refractivity contribution in [3.63, 3.8) is 0 Å². The third-order valence-electron chi connectivity index (χ3n) is 4.30. The first kappa shape index (κ1) is 20.2. The van der Waals surface area contributed by atoms with Crippen molar-refractivity contribution in [3.05, 3.63) is 75.6 Å². The van der Waals surface area contributed by atoms with Crippen LogP contribution in [-0.4, -0.2) is 16.4 Å². The first-order chi connectivity index (χ1) is 12.3. The van der Waals surface area contributed by atoms with Gasteiger partial charge in [-0.05, 0) is 61.0 Å². The quantitative estimate of drug-likeness (QED) is 0.352. The van der Waals surface area contributed by atoms with Crippen molar-refractivity contribution >= 4 is 34.3 Å². The summed E-state index contributed by atoms with van der Waals surface area (Å²) in [6, 6.07) is 12.5. The van der Waals surface area contributed by atoms with Crippen LogP contribution in [0.2, 0.25) is 5.02 Å². The monoisotopic (exact) mass is 385 g/mol. The standard InChI is InChI=1S/C21H20ClNO2S/c1-14-6-5-7-15(2)19(14)26-20(25)21(3,23-4)13-12-18(24)16-8-10-17(22)11-9-16/h5-11H,12-13H2,1-3H3/t21-/m0/s1. The van der Waals surface area contributed by atoms with Gasteiger partial charge in [0.15, 0.2) is 5.78 Å². The number of carbonyl (C=O) groups is 2. The summed E-state index contributed by atoms with van der Waals surface area (Å²) in [5.74, 6) is -0.0959. The summed E-state index contributed by atoms with van der Waals surface area (Å²) in [6.45, 7) is 13.0. The second kappa shape index (κ2) is 8.53. The highest BCUT2D eigenvalue weighted by atomic mass is 35.5. The Morgan fingerprint density at radius 2 is 1.69 bits per heavy atom. The molecule has 5 heteroatoms. The Labute approximate surface area is 163 Å². The SMILES string of the molecule is [C-]#[N+][C@@](C)(CCC(=O)c1ccc(Cl)cc1)C(=O)Sc1c(C)cccc1C. The number of rotatable bonds is 6. The second-order valence-corrected chi connectivity index (χ2v) is 7.85. The molecule has 0 saturated heterocycles. The predicted octanol–water partition coefficient (Wildman–Crippen LogP) is 5.92. The zero-order valence-electron chi connectivity index (χ0n) is 15.0. The van der Waals surface area contributed by atoms with Gasteiger partial charge < -0.3 is 4.85 Å². The van der Waals surface area contributed by atoms with Gasteiger partial charge in [0.1, 0.15) is 0 Å². The van der Waals surface area contributed by atoms with E-state index < -0.39 is 5.54 Å². The van der Waals surface area contributed by atoms with Crippen molar-refractivity contribution < 1.29 is 9.59 Å². The van der Waals surface area contributed by atoms with Gasteiger partial charge in [-0.3, -0.25) is 9.59 Å². The number of nitrogens with zero attached hydrogens (tertiary/aromatic N) is 1. The Morgan fingerprint density at radius 1 is 1.12 bits per heavy atom. The normalized spacial score (nSPS) is 12.9. The molecule has 0 fully saturated rings. The molecule has 0 aliphatic carbocycles. The third kappa shape index (κ3) is 4.75. The molecule has 0 amide bonds. The summed E-state index contributed by atoms with van der Waals surface area (Å²) < 4.78 is 0. The van der Waals surface area contributed by atoms with Crippen LogP contribution in [-0.2, 0) is 4.79 Å². The number of hydrogen-bond donors (Lipinski definition) is 0. The molecule has 0 spiro atoms. The molecular weight excluding hydrogens is 366 g/mol. The van der Waals surface area contributed by atoms with E-state index in [-0.39, 0.29) is 23.7 Å². The number of halogens is 1. The van der Waals surface area contributed by atoms with E-state index in [2.05, 4.69) is 4.85 Å². The van der Waals surface area contributed by atoms with E-state index >= 15 is 0 Å². The molecule has 0 bridgehead atoms. The Hall–Kier alpha value is -2.09. The fourth-order valence-electron chi connectivity index (χ4n) is 2.50. The molecule has 0 aliphatic rings. The molecule has 134 valence electrons. The minimum atomic E-state index is -1.23. The lowest BCUT2D eigenvalue weighted by atomic mass is 9.95. The lowest BCUT2D eigenvalue weighted by molar-refractivity contribution is -0.114. The third-order valence-corrected chi connectivity index (χ3v) is 6.02. The van der Waals surface area contributed by atoms with Crippen LogP contribution in [0.25, 0.3) is 4.85 Å². The molecule has 2 aromatic carbocycles. The van der Waals surface area contributed by atoms with E-state index in [0.717, 1.165) is 27.8 Å². The predicted molar refractivity (Wildman–Crippen MR) is 107 cm³/mol. The van der Waals surface area contributed by atoms with Crippen LogP contribution in [0.5, 0.6) is 0 Å². The highest BCUT2D eigenvalue weighted by molar-refractivity contribution is 8.14. The van der Waals surface area contributed by atoms with Crippen molar-refractivity contribution in [3.8, 4) is 0 Å². The average Bonchev–Trinajstić information content (AvgIpc) is 2.63. The van der Waals surface area contributed by atoms with Gasteiger partial charge in [-0.1, -0.05) is 29.8 Å². The number of carbonyl (C=O) groups excluding carboxylic acids is 2. The number of thioether (sulfide) groups is 1. The van der Waals surface area contributed by atoms with Gasteiger partial charge in [0.2, 0.25) is 0 Å². The van der Waals surface area contributed by atoms with E-state index in [4.69, 9.17) is 18.2 Å². The number of benzene rings is 2. The van der Waals surface area contributed by atoms with Crippen molar-refractivity contribution in [2.24, 2.45) is 0 Å². The zero-order valence-corrected chi connectivity index (χ0v) is 16.6. The first-order valence-electron chi connectivity index (χ1n) is 8.23. The minimum absolute atomic E-state index is 0.0959. The topological polar surface area (TPSA) is 38.5 Å². The number of aryl methyl sites for hydroxylation is 2. The van der Waals surface area contributed by atoms with Gasteiger partial charge >= 0.3 is 0 Å². The average molecular weight is 386 g/mol. The molecule has 0 saturated carbocycles. The van der Waals surface area contributed by atoms with Gasteiger partial charge in [-0.25, -0.2) is 6.57 Å². The highest BCUT2D eigenvalue weighted by Gasteiger charge is 2.41. The van der Waals surface area contributed by atoms with Crippen LogP contribution in [0.3, 0.4) is 0 Å².